The number of aliphatic carboxylic acids is 1. The van der Waals surface area contributed by atoms with Gasteiger partial charge in [0.05, 0.1) is 6.54 Å². The van der Waals surface area contributed by atoms with E-state index in [0.29, 0.717) is 12.1 Å². The van der Waals surface area contributed by atoms with E-state index < -0.39 is 18.4 Å². The molecule has 0 saturated heterocycles. The first kappa shape index (κ1) is 14.7. The Hall–Kier alpha value is -2.41. The minimum absolute atomic E-state index is 0.0737. The van der Waals surface area contributed by atoms with Crippen LogP contribution < -0.4 is 16.4 Å². The van der Waals surface area contributed by atoms with Crippen LogP contribution in [0, 0.1) is 0 Å². The van der Waals surface area contributed by atoms with Crippen LogP contribution in [-0.4, -0.2) is 36.0 Å². The van der Waals surface area contributed by atoms with E-state index in [2.05, 4.69) is 10.6 Å². The highest BCUT2D eigenvalue weighted by Crippen LogP contribution is 2.04. The number of hydrogen-bond donors (Lipinski definition) is 4. The molecule has 0 unspecified atom stereocenters. The molecule has 0 radical (unpaired) electrons. The van der Waals surface area contributed by atoms with E-state index in [1.165, 1.54) is 0 Å². The predicted octanol–water partition coefficient (Wildman–Crippen LogP) is -0.924. The zero-order valence-electron chi connectivity index (χ0n) is 10.2. The molecule has 7 heteroatoms. The van der Waals surface area contributed by atoms with E-state index in [0.717, 1.165) is 5.56 Å². The Morgan fingerprint density at radius 1 is 1.11 bits per heavy atom. The lowest BCUT2D eigenvalue weighted by Crippen LogP contribution is -2.30. The standard InChI is InChI=1S/C12H15N3O4/c13-5-10(16)14-6-8-1-3-9(4-2-8)12(19)15-7-11(17)18/h1-4H,5-7,13H2,(H,14,16)(H,15,19)(H,17,18). The highest BCUT2D eigenvalue weighted by Gasteiger charge is 2.07. The first-order valence-corrected chi connectivity index (χ1v) is 5.58. The molecule has 0 atom stereocenters. The molecule has 19 heavy (non-hydrogen) atoms. The van der Waals surface area contributed by atoms with E-state index in [-0.39, 0.29) is 12.5 Å². The van der Waals surface area contributed by atoms with Crippen molar-refractivity contribution in [1.29, 1.82) is 0 Å². The van der Waals surface area contributed by atoms with Crippen LogP contribution >= 0.6 is 0 Å². The summed E-state index contributed by atoms with van der Waals surface area (Å²) in [5.74, 6) is -1.82. The summed E-state index contributed by atoms with van der Waals surface area (Å²) in [5, 5.41) is 13.3. The Labute approximate surface area is 109 Å². The second-order valence-electron chi connectivity index (χ2n) is 3.75. The minimum Gasteiger partial charge on any atom is -0.480 e. The molecule has 2 amide bonds. The second-order valence-corrected chi connectivity index (χ2v) is 3.75. The quantitative estimate of drug-likeness (QED) is 0.529. The summed E-state index contributed by atoms with van der Waals surface area (Å²) < 4.78 is 0. The molecular weight excluding hydrogens is 250 g/mol. The zero-order valence-corrected chi connectivity index (χ0v) is 10.2. The van der Waals surface area contributed by atoms with Crippen molar-refractivity contribution in [2.45, 2.75) is 6.54 Å². The Balaban J connectivity index is 2.53. The highest BCUT2D eigenvalue weighted by atomic mass is 16.4. The highest BCUT2D eigenvalue weighted by molar-refractivity contribution is 5.95. The van der Waals surface area contributed by atoms with Crippen LogP contribution in [0.5, 0.6) is 0 Å². The summed E-state index contributed by atoms with van der Waals surface area (Å²) >= 11 is 0. The molecule has 0 bridgehead atoms. The van der Waals surface area contributed by atoms with Gasteiger partial charge in [0, 0.05) is 12.1 Å². The van der Waals surface area contributed by atoms with Gasteiger partial charge >= 0.3 is 5.97 Å². The predicted molar refractivity (Wildman–Crippen MR) is 67.3 cm³/mol. The molecule has 5 N–H and O–H groups in total. The molecule has 0 heterocycles. The Morgan fingerprint density at radius 3 is 2.26 bits per heavy atom. The van der Waals surface area contributed by atoms with Crippen LogP contribution in [-0.2, 0) is 16.1 Å². The molecule has 1 aromatic rings. The topological polar surface area (TPSA) is 122 Å². The van der Waals surface area contributed by atoms with Crippen LogP contribution in [0.4, 0.5) is 0 Å². The lowest BCUT2D eigenvalue weighted by molar-refractivity contribution is -0.135. The van der Waals surface area contributed by atoms with Crippen molar-refractivity contribution in [3.05, 3.63) is 35.4 Å². The fourth-order valence-corrected chi connectivity index (χ4v) is 1.30. The van der Waals surface area contributed by atoms with E-state index in [1.54, 1.807) is 24.3 Å². The molecule has 0 aromatic heterocycles. The van der Waals surface area contributed by atoms with E-state index in [4.69, 9.17) is 10.8 Å². The van der Waals surface area contributed by atoms with Gasteiger partial charge in [-0.2, -0.15) is 0 Å². The zero-order chi connectivity index (χ0) is 14.3. The van der Waals surface area contributed by atoms with Gasteiger partial charge in [-0.05, 0) is 17.7 Å². The average molecular weight is 265 g/mol. The Morgan fingerprint density at radius 2 is 1.74 bits per heavy atom. The van der Waals surface area contributed by atoms with E-state index in [1.807, 2.05) is 0 Å². The molecule has 0 saturated carbocycles. The Kier molecular flexibility index (Phi) is 5.49. The molecule has 0 spiro atoms. The normalized spacial score (nSPS) is 9.74. The third-order valence-corrected chi connectivity index (χ3v) is 2.29. The molecule has 102 valence electrons. The fourth-order valence-electron chi connectivity index (χ4n) is 1.30. The van der Waals surface area contributed by atoms with Crippen molar-refractivity contribution >= 4 is 17.8 Å². The lowest BCUT2D eigenvalue weighted by Gasteiger charge is -2.05. The summed E-state index contributed by atoms with van der Waals surface area (Å²) in [6.45, 7) is -0.171. The van der Waals surface area contributed by atoms with Crippen molar-refractivity contribution in [3.63, 3.8) is 0 Å². The summed E-state index contributed by atoms with van der Waals surface area (Å²) in [4.78, 5) is 32.8. The van der Waals surface area contributed by atoms with E-state index >= 15 is 0 Å². The van der Waals surface area contributed by atoms with Gasteiger partial charge in [0.15, 0.2) is 0 Å². The number of carboxylic acids is 1. The van der Waals surface area contributed by atoms with Crippen molar-refractivity contribution < 1.29 is 19.5 Å². The summed E-state index contributed by atoms with van der Waals surface area (Å²) in [5.41, 5.74) is 6.32. The second kappa shape index (κ2) is 7.12. The van der Waals surface area contributed by atoms with Crippen molar-refractivity contribution in [1.82, 2.24) is 10.6 Å². The first-order chi connectivity index (χ1) is 9.02. The molecule has 0 aliphatic heterocycles. The Bertz CT molecular complexity index is 470. The largest absolute Gasteiger partial charge is 0.480 e. The van der Waals surface area contributed by atoms with Gasteiger partial charge < -0.3 is 21.5 Å². The number of nitrogens with two attached hydrogens (primary N) is 1. The van der Waals surface area contributed by atoms with Gasteiger partial charge in [-0.3, -0.25) is 14.4 Å². The average Bonchev–Trinajstić information content (AvgIpc) is 2.42. The molecule has 0 fully saturated rings. The maximum Gasteiger partial charge on any atom is 0.322 e. The monoisotopic (exact) mass is 265 g/mol. The molecule has 0 aliphatic carbocycles. The third-order valence-electron chi connectivity index (χ3n) is 2.29. The number of carbonyl (C=O) groups is 3. The molecule has 0 aliphatic rings. The number of rotatable bonds is 6. The van der Waals surface area contributed by atoms with Crippen molar-refractivity contribution in [2.75, 3.05) is 13.1 Å². The summed E-state index contributed by atoms with van der Waals surface area (Å²) in [7, 11) is 0. The lowest BCUT2D eigenvalue weighted by atomic mass is 10.1. The van der Waals surface area contributed by atoms with Gasteiger partial charge in [-0.15, -0.1) is 0 Å². The van der Waals surface area contributed by atoms with Gasteiger partial charge in [0.1, 0.15) is 6.54 Å². The van der Waals surface area contributed by atoms with Crippen molar-refractivity contribution in [2.24, 2.45) is 5.73 Å². The molecular formula is C12H15N3O4. The first-order valence-electron chi connectivity index (χ1n) is 5.58. The summed E-state index contributed by atoms with van der Waals surface area (Å²) in [6.07, 6.45) is 0. The van der Waals surface area contributed by atoms with Gasteiger partial charge in [0.25, 0.3) is 5.91 Å². The van der Waals surface area contributed by atoms with Gasteiger partial charge in [-0.25, -0.2) is 0 Å². The molecule has 1 rings (SSSR count). The van der Waals surface area contributed by atoms with Crippen LogP contribution in [0.1, 0.15) is 15.9 Å². The van der Waals surface area contributed by atoms with Gasteiger partial charge in [0.2, 0.25) is 5.91 Å². The summed E-state index contributed by atoms with van der Waals surface area (Å²) in [6, 6.07) is 6.46. The SMILES string of the molecule is NCC(=O)NCc1ccc(C(=O)NCC(=O)O)cc1. The minimum atomic E-state index is -1.10. The number of amides is 2. The fraction of sp³-hybridized carbons (Fsp3) is 0.250. The number of hydrogen-bond acceptors (Lipinski definition) is 4. The molecule has 7 nitrogen and oxygen atoms in total. The smallest absolute Gasteiger partial charge is 0.322 e. The number of benzene rings is 1. The van der Waals surface area contributed by atoms with Crippen molar-refractivity contribution in [3.8, 4) is 0 Å². The van der Waals surface area contributed by atoms with E-state index in [9.17, 15) is 14.4 Å². The van der Waals surface area contributed by atoms with Gasteiger partial charge in [-0.1, -0.05) is 12.1 Å². The molecule has 1 aromatic carbocycles. The van der Waals surface area contributed by atoms with Crippen LogP contribution in [0.3, 0.4) is 0 Å². The number of nitrogens with one attached hydrogen (secondary N) is 2. The van der Waals surface area contributed by atoms with Crippen LogP contribution in [0.25, 0.3) is 0 Å². The van der Waals surface area contributed by atoms with Crippen LogP contribution in [0.15, 0.2) is 24.3 Å². The number of carbonyl (C=O) groups excluding carboxylic acids is 2. The van der Waals surface area contributed by atoms with Crippen LogP contribution in [0.2, 0.25) is 0 Å². The number of carboxylic acid groups (broad SMARTS) is 1. The third kappa shape index (κ3) is 5.17. The maximum absolute atomic E-state index is 11.5. The maximum atomic E-state index is 11.5.